The summed E-state index contributed by atoms with van der Waals surface area (Å²) in [6, 6.07) is 1.96. The SMILES string of the molecule is Cc1c(-c2cc3nc(C4CCN(C(=O)OC(C)(C)C)CC4)sc3n2C(=O)OC(C)(C)C)cn2ncnc2c1C. The number of carbonyl (C=O) groups is 2. The van der Waals surface area contributed by atoms with Gasteiger partial charge in [-0.2, -0.15) is 5.10 Å². The molecule has 11 heteroatoms. The van der Waals surface area contributed by atoms with Gasteiger partial charge in [-0.05, 0) is 85.4 Å². The predicted molar refractivity (Wildman–Crippen MR) is 150 cm³/mol. The van der Waals surface area contributed by atoms with Crippen LogP contribution in [0.4, 0.5) is 9.59 Å². The van der Waals surface area contributed by atoms with Crippen LogP contribution in [0.3, 0.4) is 0 Å². The van der Waals surface area contributed by atoms with Gasteiger partial charge in [-0.15, -0.1) is 0 Å². The number of ether oxygens (including phenoxy) is 2. The standard InChI is InChI=1S/C28H36N6O4S/c1-16-17(2)22-29-15-30-33(22)14-19(16)21-13-20-24(34(21)26(36)38-28(6,7)8)39-23(31-20)18-9-11-32(12-10-18)25(35)37-27(3,4)5/h13-15,18H,9-12H2,1-8H3. The summed E-state index contributed by atoms with van der Waals surface area (Å²) in [7, 11) is 0. The minimum Gasteiger partial charge on any atom is -0.444 e. The van der Waals surface area contributed by atoms with E-state index in [4.69, 9.17) is 14.5 Å². The number of fused-ring (bicyclic) bond motifs is 2. The molecule has 0 bridgehead atoms. The van der Waals surface area contributed by atoms with E-state index in [0.29, 0.717) is 18.8 Å². The monoisotopic (exact) mass is 552 g/mol. The Morgan fingerprint density at radius 1 is 0.974 bits per heavy atom. The Bertz CT molecular complexity index is 1560. The molecule has 4 aromatic rings. The van der Waals surface area contributed by atoms with Crippen molar-refractivity contribution >= 4 is 39.5 Å². The van der Waals surface area contributed by atoms with E-state index in [1.165, 1.54) is 17.7 Å². The lowest BCUT2D eigenvalue weighted by Gasteiger charge is -2.32. The summed E-state index contributed by atoms with van der Waals surface area (Å²) in [4.78, 5) is 37.9. The summed E-state index contributed by atoms with van der Waals surface area (Å²) in [5, 5.41) is 5.29. The Morgan fingerprint density at radius 2 is 1.62 bits per heavy atom. The molecule has 0 atom stereocenters. The van der Waals surface area contributed by atoms with Crippen molar-refractivity contribution in [1.29, 1.82) is 0 Å². The van der Waals surface area contributed by atoms with Crippen molar-refractivity contribution < 1.29 is 19.1 Å². The molecule has 1 amide bonds. The number of aromatic nitrogens is 5. The van der Waals surface area contributed by atoms with E-state index >= 15 is 0 Å². The third-order valence-corrected chi connectivity index (χ3v) is 8.06. The van der Waals surface area contributed by atoms with E-state index in [9.17, 15) is 9.59 Å². The van der Waals surface area contributed by atoms with Crippen LogP contribution in [0.15, 0.2) is 18.6 Å². The third kappa shape index (κ3) is 5.36. The van der Waals surface area contributed by atoms with Crippen molar-refractivity contribution in [3.63, 3.8) is 0 Å². The van der Waals surface area contributed by atoms with Crippen molar-refractivity contribution in [3.05, 3.63) is 34.7 Å². The Balaban J connectivity index is 1.50. The topological polar surface area (TPSA) is 104 Å². The van der Waals surface area contributed by atoms with Crippen LogP contribution < -0.4 is 0 Å². The van der Waals surface area contributed by atoms with Gasteiger partial charge in [-0.3, -0.25) is 0 Å². The highest BCUT2D eigenvalue weighted by molar-refractivity contribution is 7.18. The van der Waals surface area contributed by atoms with Crippen LogP contribution in [0.1, 0.15) is 76.4 Å². The molecule has 208 valence electrons. The second-order valence-corrected chi connectivity index (χ2v) is 13.2. The lowest BCUT2D eigenvalue weighted by atomic mass is 9.98. The van der Waals surface area contributed by atoms with Gasteiger partial charge in [-0.25, -0.2) is 28.6 Å². The number of carbonyl (C=O) groups excluding carboxylic acids is 2. The summed E-state index contributed by atoms with van der Waals surface area (Å²) >= 11 is 1.52. The number of hydrogen-bond acceptors (Lipinski definition) is 8. The molecule has 0 N–H and O–H groups in total. The maximum atomic E-state index is 13.6. The van der Waals surface area contributed by atoms with Crippen LogP contribution in [-0.4, -0.2) is 65.5 Å². The zero-order valence-electron chi connectivity index (χ0n) is 23.9. The summed E-state index contributed by atoms with van der Waals surface area (Å²) in [5.41, 5.74) is 3.95. The molecule has 0 aliphatic carbocycles. The second kappa shape index (κ2) is 9.62. The lowest BCUT2D eigenvalue weighted by molar-refractivity contribution is 0.0204. The first kappa shape index (κ1) is 27.1. The van der Waals surface area contributed by atoms with Gasteiger partial charge >= 0.3 is 12.2 Å². The Hall–Kier alpha value is -3.47. The van der Waals surface area contributed by atoms with Gasteiger partial charge < -0.3 is 14.4 Å². The predicted octanol–water partition coefficient (Wildman–Crippen LogP) is 6.32. The minimum atomic E-state index is -0.659. The molecule has 5 rings (SSSR count). The number of rotatable bonds is 2. The highest BCUT2D eigenvalue weighted by Gasteiger charge is 2.31. The third-order valence-electron chi connectivity index (χ3n) is 6.84. The summed E-state index contributed by atoms with van der Waals surface area (Å²) in [6.45, 7) is 16.5. The molecule has 0 spiro atoms. The number of thiazole rings is 1. The molecule has 4 aromatic heterocycles. The maximum Gasteiger partial charge on any atom is 0.420 e. The number of nitrogens with zero attached hydrogens (tertiary/aromatic N) is 6. The number of hydrogen-bond donors (Lipinski definition) is 0. The first-order valence-corrected chi connectivity index (χ1v) is 14.1. The quantitative estimate of drug-likeness (QED) is 0.286. The Kier molecular flexibility index (Phi) is 6.69. The van der Waals surface area contributed by atoms with E-state index in [1.807, 2.05) is 67.7 Å². The van der Waals surface area contributed by atoms with Crippen LogP contribution in [0.25, 0.3) is 27.3 Å². The van der Waals surface area contributed by atoms with Gasteiger partial charge in [0, 0.05) is 30.8 Å². The molecule has 0 unspecified atom stereocenters. The van der Waals surface area contributed by atoms with Crippen molar-refractivity contribution in [1.82, 2.24) is 29.0 Å². The van der Waals surface area contributed by atoms with E-state index in [2.05, 4.69) is 10.1 Å². The lowest BCUT2D eigenvalue weighted by Crippen LogP contribution is -2.41. The molecule has 0 radical (unpaired) electrons. The first-order valence-electron chi connectivity index (χ1n) is 13.3. The molecular formula is C28H36N6O4S. The molecule has 1 fully saturated rings. The molecule has 39 heavy (non-hydrogen) atoms. The number of amides is 1. The molecule has 1 aliphatic rings. The molecule has 1 saturated heterocycles. The van der Waals surface area contributed by atoms with E-state index in [-0.39, 0.29) is 12.0 Å². The molecule has 0 saturated carbocycles. The fraction of sp³-hybridized carbons (Fsp3) is 0.536. The van der Waals surface area contributed by atoms with Crippen LogP contribution in [0, 0.1) is 13.8 Å². The van der Waals surface area contributed by atoms with Gasteiger partial charge in [-0.1, -0.05) is 11.3 Å². The molecule has 5 heterocycles. The average Bonchev–Trinajstić information content (AvgIpc) is 3.53. The Morgan fingerprint density at radius 3 is 2.26 bits per heavy atom. The summed E-state index contributed by atoms with van der Waals surface area (Å²) in [6.07, 6.45) is 4.28. The van der Waals surface area contributed by atoms with Crippen molar-refractivity contribution in [2.24, 2.45) is 0 Å². The van der Waals surface area contributed by atoms with Gasteiger partial charge in [0.05, 0.1) is 10.7 Å². The molecule has 0 aromatic carbocycles. The summed E-state index contributed by atoms with van der Waals surface area (Å²) < 4.78 is 14.8. The normalized spacial score (nSPS) is 15.3. The highest BCUT2D eigenvalue weighted by atomic mass is 32.1. The molecular weight excluding hydrogens is 516 g/mol. The van der Waals surface area contributed by atoms with Gasteiger partial charge in [0.25, 0.3) is 0 Å². The fourth-order valence-corrected chi connectivity index (χ4v) is 6.07. The average molecular weight is 553 g/mol. The van der Waals surface area contributed by atoms with Gasteiger partial charge in [0.1, 0.15) is 27.9 Å². The number of piperidine rings is 1. The van der Waals surface area contributed by atoms with Crippen molar-refractivity contribution in [2.75, 3.05) is 13.1 Å². The second-order valence-electron chi connectivity index (χ2n) is 12.2. The smallest absolute Gasteiger partial charge is 0.420 e. The zero-order valence-corrected chi connectivity index (χ0v) is 24.7. The van der Waals surface area contributed by atoms with Crippen molar-refractivity contribution in [3.8, 4) is 11.3 Å². The Labute approximate surface area is 231 Å². The van der Waals surface area contributed by atoms with Crippen LogP contribution >= 0.6 is 11.3 Å². The van der Waals surface area contributed by atoms with Gasteiger partial charge in [0.15, 0.2) is 5.65 Å². The first-order chi connectivity index (χ1) is 18.2. The van der Waals surface area contributed by atoms with E-state index < -0.39 is 17.3 Å². The fourth-order valence-electron chi connectivity index (χ4n) is 4.86. The van der Waals surface area contributed by atoms with E-state index in [0.717, 1.165) is 50.5 Å². The summed E-state index contributed by atoms with van der Waals surface area (Å²) in [5.74, 6) is 0.201. The van der Waals surface area contributed by atoms with Crippen LogP contribution in [-0.2, 0) is 9.47 Å². The zero-order chi connectivity index (χ0) is 28.3. The van der Waals surface area contributed by atoms with E-state index in [1.54, 1.807) is 14.0 Å². The largest absolute Gasteiger partial charge is 0.444 e. The highest BCUT2D eigenvalue weighted by Crippen LogP contribution is 2.39. The van der Waals surface area contributed by atoms with Crippen molar-refractivity contribution in [2.45, 2.75) is 85.4 Å². The minimum absolute atomic E-state index is 0.201. The number of likely N-dealkylation sites (tertiary alicyclic amines) is 1. The number of aryl methyl sites for hydroxylation is 1. The maximum absolute atomic E-state index is 13.6. The van der Waals surface area contributed by atoms with Crippen LogP contribution in [0.2, 0.25) is 0 Å². The van der Waals surface area contributed by atoms with Gasteiger partial charge in [0.2, 0.25) is 0 Å². The van der Waals surface area contributed by atoms with Crippen LogP contribution in [0.5, 0.6) is 0 Å². The molecule has 1 aliphatic heterocycles. The number of pyridine rings is 1. The molecule has 10 nitrogen and oxygen atoms in total.